The highest BCUT2D eigenvalue weighted by molar-refractivity contribution is 6.30. The smallest absolute Gasteiger partial charge is 0.325 e. The zero-order valence-electron chi connectivity index (χ0n) is 20.7. The van der Waals surface area contributed by atoms with Crippen LogP contribution >= 0.6 is 11.6 Å². The molecule has 3 aromatic carbocycles. The van der Waals surface area contributed by atoms with E-state index < -0.39 is 17.4 Å². The third kappa shape index (κ3) is 7.08. The third-order valence-electron chi connectivity index (χ3n) is 5.57. The first kappa shape index (κ1) is 26.6. The van der Waals surface area contributed by atoms with Crippen LogP contribution in [-0.4, -0.2) is 35.0 Å². The van der Waals surface area contributed by atoms with Gasteiger partial charge in [0.1, 0.15) is 19.0 Å². The summed E-state index contributed by atoms with van der Waals surface area (Å²) in [5, 5.41) is 3.12. The quantitative estimate of drug-likeness (QED) is 0.290. The van der Waals surface area contributed by atoms with Gasteiger partial charge in [0.25, 0.3) is 11.5 Å². The maximum atomic E-state index is 13.0. The number of aromatic nitrogens is 2. The van der Waals surface area contributed by atoms with E-state index in [0.29, 0.717) is 5.02 Å². The van der Waals surface area contributed by atoms with Gasteiger partial charge < -0.3 is 19.8 Å². The van der Waals surface area contributed by atoms with Crippen molar-refractivity contribution in [1.29, 1.82) is 0 Å². The Hall–Kier alpha value is -4.43. The van der Waals surface area contributed by atoms with Gasteiger partial charge in [-0.3, -0.25) is 14.4 Å². The molecule has 9 heteroatoms. The SMILES string of the molecule is CCOC(=O)CNC(=O)c1nc(Cc2ccc(-c3ccc(Cl)cc3)cc2)[nH]c(=O)c1OCc1ccccc1. The minimum Gasteiger partial charge on any atom is -0.481 e. The summed E-state index contributed by atoms with van der Waals surface area (Å²) < 4.78 is 10.6. The molecule has 0 unspecified atom stereocenters. The standard InChI is InChI=1S/C29H26ClN3O5/c1-2-37-25(34)17-31-28(35)26-27(38-18-20-6-4-3-5-7-20)29(36)33-24(32-26)16-19-8-10-21(11-9-19)22-12-14-23(30)15-13-22/h3-15H,2,16-18H2,1H3,(H,31,35)(H,32,33,36). The van der Waals surface area contributed by atoms with Crippen LogP contribution in [0.4, 0.5) is 0 Å². The van der Waals surface area contributed by atoms with Gasteiger partial charge in [-0.25, -0.2) is 4.98 Å². The predicted molar refractivity (Wildman–Crippen MR) is 144 cm³/mol. The Morgan fingerprint density at radius 3 is 2.24 bits per heavy atom. The average molecular weight is 532 g/mol. The van der Waals surface area contributed by atoms with Crippen molar-refractivity contribution in [3.8, 4) is 16.9 Å². The number of hydrogen-bond acceptors (Lipinski definition) is 6. The summed E-state index contributed by atoms with van der Waals surface area (Å²) in [5.74, 6) is -1.26. The van der Waals surface area contributed by atoms with E-state index >= 15 is 0 Å². The molecule has 194 valence electrons. The lowest BCUT2D eigenvalue weighted by atomic mass is 10.0. The first-order valence-corrected chi connectivity index (χ1v) is 12.4. The zero-order valence-corrected chi connectivity index (χ0v) is 21.5. The van der Waals surface area contributed by atoms with Crippen molar-refractivity contribution in [3.05, 3.63) is 117 Å². The van der Waals surface area contributed by atoms with Crippen LogP contribution < -0.4 is 15.6 Å². The predicted octanol–water partition coefficient (Wildman–Crippen LogP) is 4.55. The van der Waals surface area contributed by atoms with E-state index in [9.17, 15) is 14.4 Å². The van der Waals surface area contributed by atoms with Gasteiger partial charge in [-0.1, -0.05) is 78.3 Å². The largest absolute Gasteiger partial charge is 0.481 e. The number of nitrogens with one attached hydrogen (secondary N) is 2. The maximum Gasteiger partial charge on any atom is 0.325 e. The van der Waals surface area contributed by atoms with Gasteiger partial charge in [-0.15, -0.1) is 0 Å². The van der Waals surface area contributed by atoms with Gasteiger partial charge in [-0.05, 0) is 41.3 Å². The Kier molecular flexibility index (Phi) is 8.89. The van der Waals surface area contributed by atoms with Crippen LogP contribution in [0.5, 0.6) is 5.75 Å². The molecule has 0 bridgehead atoms. The molecule has 1 heterocycles. The highest BCUT2D eigenvalue weighted by Gasteiger charge is 2.21. The van der Waals surface area contributed by atoms with Crippen molar-refractivity contribution >= 4 is 23.5 Å². The Morgan fingerprint density at radius 2 is 1.58 bits per heavy atom. The van der Waals surface area contributed by atoms with E-state index in [4.69, 9.17) is 21.1 Å². The zero-order chi connectivity index (χ0) is 26.9. The second kappa shape index (κ2) is 12.7. The lowest BCUT2D eigenvalue weighted by molar-refractivity contribution is -0.141. The molecule has 0 saturated heterocycles. The van der Waals surface area contributed by atoms with Crippen LogP contribution in [0.25, 0.3) is 11.1 Å². The highest BCUT2D eigenvalue weighted by atomic mass is 35.5. The highest BCUT2D eigenvalue weighted by Crippen LogP contribution is 2.22. The third-order valence-corrected chi connectivity index (χ3v) is 5.82. The number of hydrogen-bond donors (Lipinski definition) is 2. The molecular formula is C29H26ClN3O5. The summed E-state index contributed by atoms with van der Waals surface area (Å²) in [6.45, 7) is 1.56. The summed E-state index contributed by atoms with van der Waals surface area (Å²) in [6.07, 6.45) is 0.271. The fourth-order valence-corrected chi connectivity index (χ4v) is 3.84. The summed E-state index contributed by atoms with van der Waals surface area (Å²) >= 11 is 5.98. The number of H-pyrrole nitrogens is 1. The van der Waals surface area contributed by atoms with Crippen molar-refractivity contribution in [3.63, 3.8) is 0 Å². The molecule has 4 aromatic rings. The fraction of sp³-hybridized carbons (Fsp3) is 0.172. The van der Waals surface area contributed by atoms with Crippen LogP contribution in [0, 0.1) is 0 Å². The molecule has 1 aromatic heterocycles. The minimum absolute atomic E-state index is 0.0647. The van der Waals surface area contributed by atoms with Gasteiger partial charge in [0.2, 0.25) is 5.75 Å². The number of halogens is 1. The molecule has 8 nitrogen and oxygen atoms in total. The van der Waals surface area contributed by atoms with Crippen LogP contribution in [0.2, 0.25) is 5.02 Å². The molecule has 0 fully saturated rings. The van der Waals surface area contributed by atoms with E-state index in [1.54, 1.807) is 6.92 Å². The van der Waals surface area contributed by atoms with Gasteiger partial charge in [0.05, 0.1) is 6.61 Å². The summed E-state index contributed by atoms with van der Waals surface area (Å²) in [5.41, 5.74) is 2.92. The number of nitrogens with zero attached hydrogens (tertiary/aromatic N) is 1. The van der Waals surface area contributed by atoms with E-state index in [2.05, 4.69) is 15.3 Å². The summed E-state index contributed by atoms with van der Waals surface area (Å²) in [7, 11) is 0. The second-order valence-corrected chi connectivity index (χ2v) is 8.77. The van der Waals surface area contributed by atoms with E-state index in [1.807, 2.05) is 78.9 Å². The number of carbonyl (C=O) groups excluding carboxylic acids is 2. The second-order valence-electron chi connectivity index (χ2n) is 8.33. The first-order chi connectivity index (χ1) is 18.4. The minimum atomic E-state index is -0.716. The number of rotatable bonds is 10. The van der Waals surface area contributed by atoms with Crippen molar-refractivity contribution in [2.24, 2.45) is 0 Å². The van der Waals surface area contributed by atoms with Crippen LogP contribution in [0.15, 0.2) is 83.7 Å². The van der Waals surface area contributed by atoms with Gasteiger partial charge >= 0.3 is 5.97 Å². The first-order valence-electron chi connectivity index (χ1n) is 12.0. The molecule has 0 aliphatic rings. The van der Waals surface area contributed by atoms with Crippen molar-refractivity contribution in [2.45, 2.75) is 20.0 Å². The van der Waals surface area contributed by atoms with E-state index in [-0.39, 0.29) is 43.4 Å². The Balaban J connectivity index is 1.57. The molecule has 0 aliphatic heterocycles. The maximum absolute atomic E-state index is 13.0. The molecule has 0 spiro atoms. The fourth-order valence-electron chi connectivity index (χ4n) is 3.71. The monoisotopic (exact) mass is 531 g/mol. The molecule has 2 N–H and O–H groups in total. The van der Waals surface area contributed by atoms with Gasteiger partial charge in [-0.2, -0.15) is 0 Å². The van der Waals surface area contributed by atoms with E-state index in [0.717, 1.165) is 22.3 Å². The number of esters is 1. The molecule has 4 rings (SSSR count). The van der Waals surface area contributed by atoms with Gasteiger partial charge in [0.15, 0.2) is 5.69 Å². The lowest BCUT2D eigenvalue weighted by Crippen LogP contribution is -2.33. The summed E-state index contributed by atoms with van der Waals surface area (Å²) in [4.78, 5) is 44.8. The molecular weight excluding hydrogens is 506 g/mol. The average Bonchev–Trinajstić information content (AvgIpc) is 2.92. The number of ether oxygens (including phenoxy) is 2. The molecule has 0 aliphatic carbocycles. The van der Waals surface area contributed by atoms with Crippen molar-refractivity contribution in [2.75, 3.05) is 13.2 Å². The summed E-state index contributed by atoms with van der Waals surface area (Å²) in [6, 6.07) is 24.5. The Labute approximate surface area is 224 Å². The lowest BCUT2D eigenvalue weighted by Gasteiger charge is -2.12. The number of aromatic amines is 1. The van der Waals surface area contributed by atoms with Crippen LogP contribution in [0.1, 0.15) is 34.4 Å². The number of carbonyl (C=O) groups is 2. The van der Waals surface area contributed by atoms with Crippen molar-refractivity contribution < 1.29 is 19.1 Å². The normalized spacial score (nSPS) is 10.6. The molecule has 38 heavy (non-hydrogen) atoms. The van der Waals surface area contributed by atoms with Crippen LogP contribution in [0.3, 0.4) is 0 Å². The number of benzene rings is 3. The molecule has 1 amide bonds. The molecule has 0 radical (unpaired) electrons. The number of amides is 1. The molecule has 0 saturated carbocycles. The van der Waals surface area contributed by atoms with Gasteiger partial charge in [0, 0.05) is 11.4 Å². The van der Waals surface area contributed by atoms with Crippen molar-refractivity contribution in [1.82, 2.24) is 15.3 Å². The molecule has 0 atom stereocenters. The topological polar surface area (TPSA) is 110 Å². The Morgan fingerprint density at radius 1 is 0.921 bits per heavy atom. The van der Waals surface area contributed by atoms with Crippen LogP contribution in [-0.2, 0) is 22.6 Å². The Bertz CT molecular complexity index is 1450. The van der Waals surface area contributed by atoms with E-state index in [1.165, 1.54) is 0 Å².